The Morgan fingerprint density at radius 2 is 2.03 bits per heavy atom. The molecule has 2 aromatic carbocycles. The second-order valence-corrected chi connectivity index (χ2v) is 10.3. The first-order chi connectivity index (χ1) is 18.7. The number of ether oxygens (including phenoxy) is 1. The zero-order chi connectivity index (χ0) is 27.8. The molecule has 1 aliphatic rings. The number of nitro groups is 1. The lowest BCUT2D eigenvalue weighted by Gasteiger charge is -2.24. The SMILES string of the molecule is CCOC(=O)C1=C(C)N=c2s/c(=C/c3ccc(-c4cccc(Cl)c4)o3)c(=O)n2[C@@H]1c1ccc(C)c([N+](=O)[O-])c1. The minimum absolute atomic E-state index is 0.114. The monoisotopic (exact) mass is 563 g/mol. The fourth-order valence-corrected chi connectivity index (χ4v) is 5.67. The van der Waals surface area contributed by atoms with Crippen molar-refractivity contribution in [1.29, 1.82) is 0 Å². The third kappa shape index (κ3) is 4.96. The van der Waals surface area contributed by atoms with Gasteiger partial charge in [-0.2, -0.15) is 0 Å². The van der Waals surface area contributed by atoms with Crippen LogP contribution in [0.2, 0.25) is 5.02 Å². The number of aromatic nitrogens is 1. The molecular weight excluding hydrogens is 542 g/mol. The van der Waals surface area contributed by atoms with Gasteiger partial charge in [-0.1, -0.05) is 47.2 Å². The molecule has 0 N–H and O–H groups in total. The van der Waals surface area contributed by atoms with Crippen LogP contribution >= 0.6 is 22.9 Å². The predicted octanol–water partition coefficient (Wildman–Crippen LogP) is 4.93. The molecule has 9 nitrogen and oxygen atoms in total. The average Bonchev–Trinajstić information content (AvgIpc) is 3.48. The predicted molar refractivity (Wildman–Crippen MR) is 147 cm³/mol. The third-order valence-electron chi connectivity index (χ3n) is 6.27. The van der Waals surface area contributed by atoms with Crippen LogP contribution in [0.25, 0.3) is 17.4 Å². The number of esters is 1. The van der Waals surface area contributed by atoms with Gasteiger partial charge >= 0.3 is 5.97 Å². The van der Waals surface area contributed by atoms with Crippen LogP contribution < -0.4 is 14.9 Å². The van der Waals surface area contributed by atoms with Gasteiger partial charge in [-0.05, 0) is 50.6 Å². The first-order valence-electron chi connectivity index (χ1n) is 12.0. The van der Waals surface area contributed by atoms with Crippen molar-refractivity contribution in [3.8, 4) is 11.3 Å². The van der Waals surface area contributed by atoms with Gasteiger partial charge in [0.05, 0.1) is 33.4 Å². The quantitative estimate of drug-likeness (QED) is 0.186. The minimum Gasteiger partial charge on any atom is -0.463 e. The number of halogens is 1. The van der Waals surface area contributed by atoms with Crippen LogP contribution in [0.15, 0.2) is 80.1 Å². The van der Waals surface area contributed by atoms with Crippen LogP contribution in [-0.4, -0.2) is 22.1 Å². The van der Waals surface area contributed by atoms with Gasteiger partial charge in [-0.25, -0.2) is 9.79 Å². The highest BCUT2D eigenvalue weighted by Crippen LogP contribution is 2.33. The van der Waals surface area contributed by atoms with Crippen LogP contribution in [0.4, 0.5) is 5.69 Å². The van der Waals surface area contributed by atoms with Crippen molar-refractivity contribution in [2.24, 2.45) is 4.99 Å². The van der Waals surface area contributed by atoms with E-state index in [9.17, 15) is 19.7 Å². The third-order valence-corrected chi connectivity index (χ3v) is 7.49. The Morgan fingerprint density at radius 3 is 2.74 bits per heavy atom. The number of benzene rings is 2. The molecule has 0 radical (unpaired) electrons. The fourth-order valence-electron chi connectivity index (χ4n) is 4.46. The molecule has 2 aromatic heterocycles. The molecule has 3 heterocycles. The number of nitrogens with zero attached hydrogens (tertiary/aromatic N) is 3. The Bertz CT molecular complexity index is 1850. The summed E-state index contributed by atoms with van der Waals surface area (Å²) in [7, 11) is 0. The van der Waals surface area contributed by atoms with Gasteiger partial charge < -0.3 is 9.15 Å². The average molecular weight is 564 g/mol. The van der Waals surface area contributed by atoms with Crippen molar-refractivity contribution in [3.05, 3.63) is 118 Å². The number of hydrogen-bond acceptors (Lipinski definition) is 8. The molecule has 0 aliphatic carbocycles. The molecule has 0 amide bonds. The van der Waals surface area contributed by atoms with E-state index in [1.165, 1.54) is 10.6 Å². The number of allylic oxidation sites excluding steroid dienone is 1. The zero-order valence-electron chi connectivity index (χ0n) is 21.1. The molecule has 11 heteroatoms. The Labute approximate surface area is 231 Å². The Morgan fingerprint density at radius 1 is 1.23 bits per heavy atom. The van der Waals surface area contributed by atoms with Crippen molar-refractivity contribution < 1.29 is 18.9 Å². The van der Waals surface area contributed by atoms with Crippen LogP contribution in [0, 0.1) is 17.0 Å². The number of carbonyl (C=O) groups is 1. The maximum absolute atomic E-state index is 13.8. The maximum Gasteiger partial charge on any atom is 0.338 e. The number of hydrogen-bond donors (Lipinski definition) is 0. The molecule has 0 unspecified atom stereocenters. The smallest absolute Gasteiger partial charge is 0.338 e. The van der Waals surface area contributed by atoms with E-state index in [4.69, 9.17) is 20.8 Å². The van der Waals surface area contributed by atoms with Crippen molar-refractivity contribution >= 4 is 40.7 Å². The summed E-state index contributed by atoms with van der Waals surface area (Å²) in [6.45, 7) is 5.08. The van der Waals surface area contributed by atoms with Crippen molar-refractivity contribution in [2.45, 2.75) is 26.8 Å². The Kier molecular flexibility index (Phi) is 7.07. The summed E-state index contributed by atoms with van der Waals surface area (Å²) in [5.41, 5.74) is 1.64. The van der Waals surface area contributed by atoms with Crippen molar-refractivity contribution in [2.75, 3.05) is 6.61 Å². The fraction of sp³-hybridized carbons (Fsp3) is 0.179. The summed E-state index contributed by atoms with van der Waals surface area (Å²) >= 11 is 7.23. The summed E-state index contributed by atoms with van der Waals surface area (Å²) in [4.78, 5) is 42.9. The first-order valence-corrected chi connectivity index (χ1v) is 13.2. The van der Waals surface area contributed by atoms with E-state index in [-0.39, 0.29) is 17.9 Å². The molecule has 4 aromatic rings. The van der Waals surface area contributed by atoms with Gasteiger partial charge in [0, 0.05) is 28.3 Å². The lowest BCUT2D eigenvalue weighted by atomic mass is 9.94. The summed E-state index contributed by atoms with van der Waals surface area (Å²) in [5.74, 6) is 0.388. The molecule has 0 saturated heterocycles. The second-order valence-electron chi connectivity index (χ2n) is 8.82. The standard InChI is InChI=1S/C28H22ClN3O6S/c1-4-37-27(34)24-16(3)30-28-31(25(24)18-9-8-15(2)21(13-18)32(35)36)26(33)23(39-28)14-20-10-11-22(38-20)17-6-5-7-19(29)12-17/h5-14,25H,4H2,1-3H3/b23-14+/t25-/m1/s1. The molecule has 1 aliphatic heterocycles. The Hall–Kier alpha value is -4.28. The van der Waals surface area contributed by atoms with E-state index in [1.54, 1.807) is 63.2 Å². The molecule has 0 spiro atoms. The second kappa shape index (κ2) is 10.5. The van der Waals surface area contributed by atoms with E-state index < -0.39 is 22.5 Å². The van der Waals surface area contributed by atoms with Crippen molar-refractivity contribution in [1.82, 2.24) is 4.57 Å². The van der Waals surface area contributed by atoms with E-state index in [2.05, 4.69) is 4.99 Å². The number of furan rings is 1. The topological polar surface area (TPSA) is 117 Å². The van der Waals surface area contributed by atoms with Gasteiger partial charge in [0.2, 0.25) is 0 Å². The maximum atomic E-state index is 13.8. The number of fused-ring (bicyclic) bond motifs is 1. The first kappa shape index (κ1) is 26.3. The van der Waals surface area contributed by atoms with E-state index >= 15 is 0 Å². The molecule has 5 rings (SSSR count). The molecule has 0 saturated carbocycles. The van der Waals surface area contributed by atoms with Crippen LogP contribution in [-0.2, 0) is 9.53 Å². The summed E-state index contributed by atoms with van der Waals surface area (Å²) in [6.07, 6.45) is 1.61. The van der Waals surface area contributed by atoms with Crippen LogP contribution in [0.3, 0.4) is 0 Å². The largest absolute Gasteiger partial charge is 0.463 e. The highest BCUT2D eigenvalue weighted by molar-refractivity contribution is 7.07. The number of rotatable bonds is 6. The Balaban J connectivity index is 1.67. The molecule has 1 atom stereocenters. The zero-order valence-corrected chi connectivity index (χ0v) is 22.7. The molecule has 198 valence electrons. The minimum atomic E-state index is -0.958. The van der Waals surface area contributed by atoms with E-state index in [0.29, 0.717) is 42.7 Å². The number of aryl methyl sites for hydroxylation is 1. The summed E-state index contributed by atoms with van der Waals surface area (Å²) in [5, 5.41) is 12.2. The number of carbonyl (C=O) groups excluding carboxylic acids is 1. The van der Waals surface area contributed by atoms with E-state index in [1.807, 2.05) is 12.1 Å². The summed E-state index contributed by atoms with van der Waals surface area (Å²) < 4.78 is 12.9. The number of nitro benzene ring substituents is 1. The lowest BCUT2D eigenvalue weighted by Crippen LogP contribution is -2.40. The van der Waals surface area contributed by atoms with E-state index in [0.717, 1.165) is 16.9 Å². The van der Waals surface area contributed by atoms with Gasteiger partial charge in [-0.15, -0.1) is 0 Å². The molecular formula is C28H22ClN3O6S. The van der Waals surface area contributed by atoms with Gasteiger partial charge in [0.1, 0.15) is 11.5 Å². The van der Waals surface area contributed by atoms with Crippen molar-refractivity contribution in [3.63, 3.8) is 0 Å². The van der Waals surface area contributed by atoms with Gasteiger partial charge in [-0.3, -0.25) is 19.5 Å². The molecule has 0 bridgehead atoms. The van der Waals surface area contributed by atoms with Crippen LogP contribution in [0.5, 0.6) is 0 Å². The normalized spacial score (nSPS) is 15.2. The van der Waals surface area contributed by atoms with Crippen LogP contribution in [0.1, 0.15) is 36.8 Å². The summed E-state index contributed by atoms with van der Waals surface area (Å²) in [6, 6.07) is 14.4. The van der Waals surface area contributed by atoms with Gasteiger partial charge in [0.15, 0.2) is 4.80 Å². The number of thiazole rings is 1. The van der Waals surface area contributed by atoms with Gasteiger partial charge in [0.25, 0.3) is 11.2 Å². The molecule has 39 heavy (non-hydrogen) atoms. The highest BCUT2D eigenvalue weighted by Gasteiger charge is 2.34. The molecule has 0 fully saturated rings. The lowest BCUT2D eigenvalue weighted by molar-refractivity contribution is -0.385. The highest BCUT2D eigenvalue weighted by atomic mass is 35.5.